The largest absolute Gasteiger partial charge is 0.497 e. The Balaban J connectivity index is 1.78. The summed E-state index contributed by atoms with van der Waals surface area (Å²) in [5, 5.41) is 2.73. The molecule has 5 heteroatoms. The van der Waals surface area contributed by atoms with Crippen LogP contribution in [0.3, 0.4) is 0 Å². The first-order valence-corrected chi connectivity index (χ1v) is 6.50. The summed E-state index contributed by atoms with van der Waals surface area (Å²) in [6, 6.07) is 13.1. The van der Waals surface area contributed by atoms with Crippen LogP contribution in [0.4, 0.5) is 10.1 Å². The number of hydrogen-bond acceptors (Lipinski definition) is 3. The molecule has 0 atom stereocenters. The predicted octanol–water partition coefficient (Wildman–Crippen LogP) is 3.24. The van der Waals surface area contributed by atoms with Gasteiger partial charge >= 0.3 is 0 Å². The lowest BCUT2D eigenvalue weighted by Gasteiger charge is -2.08. The Morgan fingerprint density at radius 2 is 1.86 bits per heavy atom. The van der Waals surface area contributed by atoms with Gasteiger partial charge in [0.25, 0.3) is 0 Å². The zero-order chi connectivity index (χ0) is 15.1. The highest BCUT2D eigenvalue weighted by atomic mass is 19.1. The van der Waals surface area contributed by atoms with Crippen molar-refractivity contribution in [2.75, 3.05) is 19.0 Å². The van der Waals surface area contributed by atoms with E-state index in [4.69, 9.17) is 9.47 Å². The van der Waals surface area contributed by atoms with Crippen molar-refractivity contribution in [1.82, 2.24) is 0 Å². The van der Waals surface area contributed by atoms with E-state index in [0.717, 1.165) is 5.75 Å². The minimum absolute atomic E-state index is 0.114. The molecule has 0 bridgehead atoms. The van der Waals surface area contributed by atoms with E-state index in [1.165, 1.54) is 12.1 Å². The third-order valence-corrected chi connectivity index (χ3v) is 2.80. The molecule has 2 aromatic carbocycles. The van der Waals surface area contributed by atoms with Crippen LogP contribution in [-0.2, 0) is 4.79 Å². The van der Waals surface area contributed by atoms with Crippen LogP contribution in [0.5, 0.6) is 11.5 Å². The maximum atomic E-state index is 13.3. The maximum Gasteiger partial charge on any atom is 0.227 e. The Kier molecular flexibility index (Phi) is 5.15. The van der Waals surface area contributed by atoms with Gasteiger partial charge in [-0.1, -0.05) is 12.1 Å². The van der Waals surface area contributed by atoms with Crippen LogP contribution in [0.2, 0.25) is 0 Å². The quantitative estimate of drug-likeness (QED) is 0.888. The van der Waals surface area contributed by atoms with E-state index in [-0.39, 0.29) is 24.7 Å². The Morgan fingerprint density at radius 3 is 2.52 bits per heavy atom. The molecule has 2 aromatic rings. The SMILES string of the molecule is COc1ccc(NC(=O)CCOc2ccccc2F)cc1. The number of para-hydroxylation sites is 1. The highest BCUT2D eigenvalue weighted by Crippen LogP contribution is 2.16. The highest BCUT2D eigenvalue weighted by Gasteiger charge is 2.05. The molecule has 1 N–H and O–H groups in total. The fraction of sp³-hybridized carbons (Fsp3) is 0.188. The number of ether oxygens (including phenoxy) is 2. The van der Waals surface area contributed by atoms with Gasteiger partial charge < -0.3 is 14.8 Å². The molecule has 0 aromatic heterocycles. The van der Waals surface area contributed by atoms with Crippen LogP contribution in [0.15, 0.2) is 48.5 Å². The van der Waals surface area contributed by atoms with Crippen LogP contribution < -0.4 is 14.8 Å². The molecule has 21 heavy (non-hydrogen) atoms. The lowest BCUT2D eigenvalue weighted by molar-refractivity contribution is -0.116. The molecule has 4 nitrogen and oxygen atoms in total. The number of anilines is 1. The Hall–Kier alpha value is -2.56. The van der Waals surface area contributed by atoms with Crippen molar-refractivity contribution in [1.29, 1.82) is 0 Å². The van der Waals surface area contributed by atoms with Gasteiger partial charge in [0.2, 0.25) is 5.91 Å². The molecule has 0 unspecified atom stereocenters. The van der Waals surface area contributed by atoms with Crippen LogP contribution in [0.1, 0.15) is 6.42 Å². The molecule has 0 aliphatic heterocycles. The number of methoxy groups -OCH3 is 1. The Bertz CT molecular complexity index is 599. The summed E-state index contributed by atoms with van der Waals surface area (Å²) in [6.07, 6.45) is 0.139. The van der Waals surface area contributed by atoms with Gasteiger partial charge in [-0.2, -0.15) is 0 Å². The molecule has 0 spiro atoms. The van der Waals surface area contributed by atoms with Crippen LogP contribution in [-0.4, -0.2) is 19.6 Å². The monoisotopic (exact) mass is 289 g/mol. The third kappa shape index (κ3) is 4.49. The van der Waals surface area contributed by atoms with E-state index >= 15 is 0 Å². The van der Waals surface area contributed by atoms with Crippen LogP contribution >= 0.6 is 0 Å². The first-order valence-electron chi connectivity index (χ1n) is 6.50. The molecule has 1 amide bonds. The van der Waals surface area contributed by atoms with Gasteiger partial charge in [0.05, 0.1) is 20.1 Å². The molecule has 110 valence electrons. The fourth-order valence-electron chi connectivity index (χ4n) is 1.71. The van der Waals surface area contributed by atoms with Gasteiger partial charge in [-0.3, -0.25) is 4.79 Å². The van der Waals surface area contributed by atoms with Crippen molar-refractivity contribution in [3.05, 3.63) is 54.3 Å². The minimum Gasteiger partial charge on any atom is -0.497 e. The van der Waals surface area contributed by atoms with E-state index in [0.29, 0.717) is 5.69 Å². The van der Waals surface area contributed by atoms with Crippen molar-refractivity contribution in [2.45, 2.75) is 6.42 Å². The molecule has 0 saturated carbocycles. The summed E-state index contributed by atoms with van der Waals surface area (Å²) in [6.45, 7) is 0.114. The molecule has 2 rings (SSSR count). The number of hydrogen-bond donors (Lipinski definition) is 1. The van der Waals surface area contributed by atoms with Crippen molar-refractivity contribution in [2.24, 2.45) is 0 Å². The Labute approximate surface area is 122 Å². The number of rotatable bonds is 6. The lowest BCUT2D eigenvalue weighted by Crippen LogP contribution is -2.15. The molecule has 0 aliphatic rings. The summed E-state index contributed by atoms with van der Waals surface area (Å²) in [5.74, 6) is 0.232. The second-order valence-electron chi connectivity index (χ2n) is 4.31. The van der Waals surface area contributed by atoms with Gasteiger partial charge in [0.15, 0.2) is 11.6 Å². The van der Waals surface area contributed by atoms with Crippen molar-refractivity contribution in [3.63, 3.8) is 0 Å². The molecule has 0 saturated heterocycles. The smallest absolute Gasteiger partial charge is 0.227 e. The number of halogens is 1. The molecule has 0 heterocycles. The third-order valence-electron chi connectivity index (χ3n) is 2.80. The number of carbonyl (C=O) groups excluding carboxylic acids is 1. The fourth-order valence-corrected chi connectivity index (χ4v) is 1.71. The van der Waals surface area contributed by atoms with Gasteiger partial charge in [0, 0.05) is 5.69 Å². The summed E-state index contributed by atoms with van der Waals surface area (Å²) >= 11 is 0. The van der Waals surface area contributed by atoms with Crippen LogP contribution in [0, 0.1) is 5.82 Å². The van der Waals surface area contributed by atoms with Crippen molar-refractivity contribution >= 4 is 11.6 Å². The first kappa shape index (κ1) is 14.8. The topological polar surface area (TPSA) is 47.6 Å². The highest BCUT2D eigenvalue weighted by molar-refractivity contribution is 5.90. The molecular weight excluding hydrogens is 273 g/mol. The normalized spacial score (nSPS) is 10.0. The van der Waals surface area contributed by atoms with E-state index in [9.17, 15) is 9.18 Å². The first-order chi connectivity index (χ1) is 10.2. The molecular formula is C16H16FNO3. The molecule has 0 fully saturated rings. The minimum atomic E-state index is -0.437. The Morgan fingerprint density at radius 1 is 1.14 bits per heavy atom. The standard InChI is InChI=1S/C16H16FNO3/c1-20-13-8-6-12(7-9-13)18-16(19)10-11-21-15-5-3-2-4-14(15)17/h2-9H,10-11H2,1H3,(H,18,19). The second-order valence-corrected chi connectivity index (χ2v) is 4.31. The zero-order valence-electron chi connectivity index (χ0n) is 11.6. The number of benzene rings is 2. The molecule has 0 aliphatic carbocycles. The average Bonchev–Trinajstić information content (AvgIpc) is 2.50. The van der Waals surface area contributed by atoms with E-state index in [1.54, 1.807) is 43.5 Å². The summed E-state index contributed by atoms with van der Waals surface area (Å²) in [4.78, 5) is 11.7. The van der Waals surface area contributed by atoms with Crippen LogP contribution in [0.25, 0.3) is 0 Å². The lowest BCUT2D eigenvalue weighted by atomic mass is 10.3. The second kappa shape index (κ2) is 7.28. The predicted molar refractivity (Wildman–Crippen MR) is 78.1 cm³/mol. The van der Waals surface area contributed by atoms with Crippen molar-refractivity contribution < 1.29 is 18.7 Å². The van der Waals surface area contributed by atoms with E-state index in [1.807, 2.05) is 0 Å². The average molecular weight is 289 g/mol. The number of carbonyl (C=O) groups is 1. The summed E-state index contributed by atoms with van der Waals surface area (Å²) in [5.41, 5.74) is 0.673. The van der Waals surface area contributed by atoms with Gasteiger partial charge in [-0.25, -0.2) is 4.39 Å². The number of nitrogens with one attached hydrogen (secondary N) is 1. The zero-order valence-corrected chi connectivity index (χ0v) is 11.6. The van der Waals surface area contributed by atoms with E-state index < -0.39 is 5.82 Å². The van der Waals surface area contributed by atoms with Gasteiger partial charge in [-0.15, -0.1) is 0 Å². The maximum absolute atomic E-state index is 13.3. The summed E-state index contributed by atoms with van der Waals surface area (Å²) < 4.78 is 23.6. The summed E-state index contributed by atoms with van der Waals surface area (Å²) in [7, 11) is 1.58. The molecule has 0 radical (unpaired) electrons. The van der Waals surface area contributed by atoms with E-state index in [2.05, 4.69) is 5.32 Å². The van der Waals surface area contributed by atoms with Gasteiger partial charge in [0.1, 0.15) is 5.75 Å². The number of amides is 1. The van der Waals surface area contributed by atoms with Gasteiger partial charge in [-0.05, 0) is 36.4 Å². The van der Waals surface area contributed by atoms with Crippen molar-refractivity contribution in [3.8, 4) is 11.5 Å².